The Bertz CT molecular complexity index is 553. The lowest BCUT2D eigenvalue weighted by Gasteiger charge is -2.04. The van der Waals surface area contributed by atoms with E-state index in [0.29, 0.717) is 11.6 Å². The maximum Gasteiger partial charge on any atom is 0.231 e. The van der Waals surface area contributed by atoms with Crippen LogP contribution in [0.25, 0.3) is 11.3 Å². The summed E-state index contributed by atoms with van der Waals surface area (Å²) in [6.45, 7) is 0.238. The van der Waals surface area contributed by atoms with Gasteiger partial charge in [0.1, 0.15) is 5.82 Å². The number of nitrogen functional groups attached to an aromatic ring is 1. The van der Waals surface area contributed by atoms with Crippen LogP contribution in [0.1, 0.15) is 0 Å². The summed E-state index contributed by atoms with van der Waals surface area (Å²) in [5, 5.41) is 6.74. The van der Waals surface area contributed by atoms with Crippen LogP contribution in [0.5, 0.6) is 11.5 Å². The molecule has 1 aliphatic heterocycles. The third-order valence-corrected chi connectivity index (χ3v) is 2.78. The Labute approximate surface area is 99.7 Å². The van der Waals surface area contributed by atoms with E-state index < -0.39 is 0 Å². The minimum atomic E-state index is 0.238. The molecule has 0 amide bonds. The average molecular weight is 282 g/mol. The predicted molar refractivity (Wildman–Crippen MR) is 62.3 cm³/mol. The highest BCUT2D eigenvalue weighted by molar-refractivity contribution is 9.10. The second-order valence-electron chi connectivity index (χ2n) is 3.39. The van der Waals surface area contributed by atoms with Crippen LogP contribution in [-0.4, -0.2) is 17.0 Å². The van der Waals surface area contributed by atoms with Gasteiger partial charge in [-0.1, -0.05) is 15.9 Å². The van der Waals surface area contributed by atoms with Gasteiger partial charge in [-0.2, -0.15) is 5.10 Å². The Balaban J connectivity index is 2.20. The summed E-state index contributed by atoms with van der Waals surface area (Å²) >= 11 is 3.42. The van der Waals surface area contributed by atoms with Crippen LogP contribution in [0.15, 0.2) is 22.7 Å². The molecule has 0 spiro atoms. The van der Waals surface area contributed by atoms with E-state index in [1.165, 1.54) is 0 Å². The molecule has 0 saturated heterocycles. The van der Waals surface area contributed by atoms with E-state index >= 15 is 0 Å². The van der Waals surface area contributed by atoms with E-state index in [4.69, 9.17) is 15.2 Å². The molecule has 0 aliphatic carbocycles. The number of ether oxygens (including phenoxy) is 2. The summed E-state index contributed by atoms with van der Waals surface area (Å²) in [4.78, 5) is 0. The smallest absolute Gasteiger partial charge is 0.231 e. The number of benzene rings is 1. The first-order chi connectivity index (χ1) is 7.74. The number of nitrogens with zero attached hydrogens (tertiary/aromatic N) is 1. The molecule has 16 heavy (non-hydrogen) atoms. The number of H-pyrrole nitrogens is 1. The van der Waals surface area contributed by atoms with E-state index in [2.05, 4.69) is 26.1 Å². The Kier molecular flexibility index (Phi) is 2.03. The summed E-state index contributed by atoms with van der Waals surface area (Å²) in [6.07, 6.45) is 0. The topological polar surface area (TPSA) is 73.2 Å². The molecule has 0 saturated carbocycles. The number of hydrogen-bond acceptors (Lipinski definition) is 4. The SMILES string of the molecule is Nc1cc(-c2cc(Br)cc3c2OCO3)[nH]n1. The van der Waals surface area contributed by atoms with Gasteiger partial charge >= 0.3 is 0 Å². The van der Waals surface area contributed by atoms with Gasteiger partial charge in [0.15, 0.2) is 11.5 Å². The fourth-order valence-electron chi connectivity index (χ4n) is 1.65. The maximum absolute atomic E-state index is 5.57. The van der Waals surface area contributed by atoms with E-state index in [0.717, 1.165) is 21.5 Å². The highest BCUT2D eigenvalue weighted by Crippen LogP contribution is 2.43. The minimum Gasteiger partial charge on any atom is -0.454 e. The van der Waals surface area contributed by atoms with Crippen molar-refractivity contribution in [3.05, 3.63) is 22.7 Å². The van der Waals surface area contributed by atoms with Crippen molar-refractivity contribution in [2.24, 2.45) is 0 Å². The standard InChI is InChI=1S/C10H8BrN3O2/c11-5-1-6(7-3-9(12)14-13-7)10-8(2-5)15-4-16-10/h1-3H,4H2,(H3,12,13,14). The number of halogens is 1. The summed E-state index contributed by atoms with van der Waals surface area (Å²) in [7, 11) is 0. The quantitative estimate of drug-likeness (QED) is 0.840. The second-order valence-corrected chi connectivity index (χ2v) is 4.31. The van der Waals surface area contributed by atoms with Gasteiger partial charge in [0, 0.05) is 16.1 Å². The van der Waals surface area contributed by atoms with Gasteiger partial charge < -0.3 is 15.2 Å². The number of hydrogen-bond donors (Lipinski definition) is 2. The lowest BCUT2D eigenvalue weighted by atomic mass is 10.1. The Morgan fingerprint density at radius 2 is 2.19 bits per heavy atom. The number of aromatic amines is 1. The van der Waals surface area contributed by atoms with E-state index in [-0.39, 0.29) is 6.79 Å². The van der Waals surface area contributed by atoms with Crippen molar-refractivity contribution in [3.8, 4) is 22.8 Å². The van der Waals surface area contributed by atoms with Crippen LogP contribution in [0.3, 0.4) is 0 Å². The van der Waals surface area contributed by atoms with Crippen LogP contribution in [0.4, 0.5) is 5.82 Å². The molecule has 5 nitrogen and oxygen atoms in total. The molecule has 3 N–H and O–H groups in total. The third-order valence-electron chi connectivity index (χ3n) is 2.33. The Morgan fingerprint density at radius 3 is 2.94 bits per heavy atom. The number of aromatic nitrogens is 2. The number of anilines is 1. The van der Waals surface area contributed by atoms with Gasteiger partial charge in [-0.25, -0.2) is 0 Å². The molecule has 82 valence electrons. The summed E-state index contributed by atoms with van der Waals surface area (Å²) in [6, 6.07) is 5.55. The fourth-order valence-corrected chi connectivity index (χ4v) is 2.09. The molecule has 1 aromatic heterocycles. The first-order valence-corrected chi connectivity index (χ1v) is 5.44. The van der Waals surface area contributed by atoms with E-state index in [1.54, 1.807) is 6.07 Å². The van der Waals surface area contributed by atoms with Crippen LogP contribution < -0.4 is 15.2 Å². The molecule has 3 rings (SSSR count). The predicted octanol–water partition coefficient (Wildman–Crippen LogP) is 2.15. The molecule has 0 radical (unpaired) electrons. The van der Waals surface area contributed by atoms with Gasteiger partial charge in [0.25, 0.3) is 0 Å². The van der Waals surface area contributed by atoms with Crippen molar-refractivity contribution < 1.29 is 9.47 Å². The molecule has 2 aromatic rings. The number of fused-ring (bicyclic) bond motifs is 1. The molecule has 1 aromatic carbocycles. The zero-order chi connectivity index (χ0) is 11.1. The summed E-state index contributed by atoms with van der Waals surface area (Å²) in [5.41, 5.74) is 7.26. The number of rotatable bonds is 1. The van der Waals surface area contributed by atoms with Crippen LogP contribution in [-0.2, 0) is 0 Å². The molecule has 0 bridgehead atoms. The largest absolute Gasteiger partial charge is 0.454 e. The lowest BCUT2D eigenvalue weighted by Crippen LogP contribution is -1.93. The normalized spacial score (nSPS) is 13.1. The van der Waals surface area contributed by atoms with E-state index in [9.17, 15) is 0 Å². The van der Waals surface area contributed by atoms with Crippen molar-refractivity contribution in [1.82, 2.24) is 10.2 Å². The summed E-state index contributed by atoms with van der Waals surface area (Å²) < 4.78 is 11.7. The van der Waals surface area contributed by atoms with Crippen LogP contribution in [0.2, 0.25) is 0 Å². The first-order valence-electron chi connectivity index (χ1n) is 4.64. The minimum absolute atomic E-state index is 0.238. The van der Waals surface area contributed by atoms with Crippen molar-refractivity contribution in [2.75, 3.05) is 12.5 Å². The van der Waals surface area contributed by atoms with Crippen molar-refractivity contribution in [3.63, 3.8) is 0 Å². The molecule has 0 atom stereocenters. The zero-order valence-corrected chi connectivity index (χ0v) is 9.74. The van der Waals surface area contributed by atoms with Gasteiger partial charge in [-0.3, -0.25) is 5.10 Å². The third kappa shape index (κ3) is 1.42. The van der Waals surface area contributed by atoms with Crippen LogP contribution >= 0.6 is 15.9 Å². The number of nitrogens with one attached hydrogen (secondary N) is 1. The zero-order valence-electron chi connectivity index (χ0n) is 8.16. The molecular weight excluding hydrogens is 274 g/mol. The van der Waals surface area contributed by atoms with Crippen molar-refractivity contribution in [1.29, 1.82) is 0 Å². The van der Waals surface area contributed by atoms with Gasteiger partial charge in [0.2, 0.25) is 6.79 Å². The lowest BCUT2D eigenvalue weighted by molar-refractivity contribution is 0.174. The molecule has 2 heterocycles. The maximum atomic E-state index is 5.57. The van der Waals surface area contributed by atoms with Crippen LogP contribution in [0, 0.1) is 0 Å². The second kappa shape index (κ2) is 3.41. The highest BCUT2D eigenvalue weighted by atomic mass is 79.9. The van der Waals surface area contributed by atoms with Gasteiger partial charge in [-0.05, 0) is 12.1 Å². The van der Waals surface area contributed by atoms with Crippen molar-refractivity contribution >= 4 is 21.7 Å². The van der Waals surface area contributed by atoms with Gasteiger partial charge in [-0.15, -0.1) is 0 Å². The average Bonchev–Trinajstić information content (AvgIpc) is 2.84. The van der Waals surface area contributed by atoms with E-state index in [1.807, 2.05) is 12.1 Å². The Morgan fingerprint density at radius 1 is 1.31 bits per heavy atom. The van der Waals surface area contributed by atoms with Gasteiger partial charge in [0.05, 0.1) is 5.69 Å². The highest BCUT2D eigenvalue weighted by Gasteiger charge is 2.20. The van der Waals surface area contributed by atoms with Crippen molar-refractivity contribution in [2.45, 2.75) is 0 Å². The monoisotopic (exact) mass is 281 g/mol. The fraction of sp³-hybridized carbons (Fsp3) is 0.100. The molecule has 6 heteroatoms. The molecule has 0 fully saturated rings. The molecular formula is C10H8BrN3O2. The molecule has 1 aliphatic rings. The summed E-state index contributed by atoms with van der Waals surface area (Å²) in [5.74, 6) is 1.88. The Hall–Kier alpha value is -1.69. The molecule has 0 unspecified atom stereocenters. The number of nitrogens with two attached hydrogens (primary N) is 1. The first kappa shape index (κ1) is 9.53.